The van der Waals surface area contributed by atoms with Crippen LogP contribution in [-0.4, -0.2) is 21.3 Å². The van der Waals surface area contributed by atoms with Gasteiger partial charge in [0, 0.05) is 11.1 Å². The molecule has 1 heterocycles. The van der Waals surface area contributed by atoms with E-state index in [1.54, 1.807) is 30.3 Å². The van der Waals surface area contributed by atoms with Crippen LogP contribution in [-0.2, 0) is 0 Å². The highest BCUT2D eigenvalue weighted by atomic mass is 35.5. The number of nitrogens with zero attached hydrogens (tertiary/aromatic N) is 1. The van der Waals surface area contributed by atoms with Gasteiger partial charge in [-0.3, -0.25) is 5.10 Å². The van der Waals surface area contributed by atoms with Crippen molar-refractivity contribution in [2.45, 2.75) is 0 Å². The van der Waals surface area contributed by atoms with Crippen LogP contribution in [0.4, 0.5) is 4.39 Å². The molecule has 0 saturated carbocycles. The van der Waals surface area contributed by atoms with Gasteiger partial charge in [-0.05, 0) is 30.3 Å². The van der Waals surface area contributed by atoms with Crippen LogP contribution in [0.1, 0.15) is 10.4 Å². The van der Waals surface area contributed by atoms with Crippen LogP contribution < -0.4 is 0 Å². The Labute approximate surface area is 130 Å². The molecule has 0 radical (unpaired) electrons. The minimum Gasteiger partial charge on any atom is -0.478 e. The molecule has 3 aromatic rings. The molecule has 0 aliphatic heterocycles. The smallest absolute Gasteiger partial charge is 0.336 e. The lowest BCUT2D eigenvalue weighted by Crippen LogP contribution is -1.98. The Morgan fingerprint density at radius 3 is 2.68 bits per heavy atom. The molecule has 22 heavy (non-hydrogen) atoms. The normalized spacial score (nSPS) is 10.6. The van der Waals surface area contributed by atoms with Crippen molar-refractivity contribution in [3.8, 4) is 22.5 Å². The zero-order valence-electron chi connectivity index (χ0n) is 11.2. The molecule has 6 heteroatoms. The zero-order chi connectivity index (χ0) is 15.7. The van der Waals surface area contributed by atoms with Crippen LogP contribution in [0.15, 0.2) is 48.5 Å². The maximum Gasteiger partial charge on any atom is 0.336 e. The number of carbonyl (C=O) groups is 1. The van der Waals surface area contributed by atoms with Gasteiger partial charge in [0.2, 0.25) is 0 Å². The number of hydrogen-bond acceptors (Lipinski definition) is 2. The second-order valence-corrected chi connectivity index (χ2v) is 5.05. The van der Waals surface area contributed by atoms with E-state index >= 15 is 0 Å². The third kappa shape index (κ3) is 2.58. The Balaban J connectivity index is 2.04. The fourth-order valence-corrected chi connectivity index (χ4v) is 2.34. The molecular formula is C16H10ClFN2O2. The van der Waals surface area contributed by atoms with Crippen molar-refractivity contribution in [3.05, 3.63) is 64.9 Å². The monoisotopic (exact) mass is 316 g/mol. The number of aromatic amines is 1. The number of H-pyrrole nitrogens is 1. The Morgan fingerprint density at radius 1 is 1.18 bits per heavy atom. The van der Waals surface area contributed by atoms with Crippen LogP contribution in [0.3, 0.4) is 0 Å². The molecule has 3 rings (SSSR count). The van der Waals surface area contributed by atoms with Gasteiger partial charge in [-0.25, -0.2) is 9.18 Å². The number of nitrogens with one attached hydrogen (secondary N) is 1. The molecule has 0 aliphatic rings. The first-order valence-electron chi connectivity index (χ1n) is 6.40. The topological polar surface area (TPSA) is 66.0 Å². The first kappa shape index (κ1) is 14.3. The van der Waals surface area contributed by atoms with E-state index in [0.29, 0.717) is 22.5 Å². The molecule has 0 atom stereocenters. The fraction of sp³-hybridized carbons (Fsp3) is 0. The van der Waals surface area contributed by atoms with Gasteiger partial charge in [-0.1, -0.05) is 29.8 Å². The van der Waals surface area contributed by atoms with Crippen LogP contribution in [0.2, 0.25) is 5.02 Å². The molecule has 0 aliphatic carbocycles. The summed E-state index contributed by atoms with van der Waals surface area (Å²) in [6.07, 6.45) is 0. The first-order chi connectivity index (χ1) is 10.6. The second-order valence-electron chi connectivity index (χ2n) is 4.65. The summed E-state index contributed by atoms with van der Waals surface area (Å²) in [4.78, 5) is 11.3. The molecule has 0 saturated heterocycles. The van der Waals surface area contributed by atoms with Gasteiger partial charge in [-0.15, -0.1) is 0 Å². The van der Waals surface area contributed by atoms with E-state index in [1.807, 2.05) is 0 Å². The van der Waals surface area contributed by atoms with E-state index in [-0.39, 0.29) is 10.6 Å². The lowest BCUT2D eigenvalue weighted by molar-refractivity contribution is 0.0697. The second kappa shape index (κ2) is 5.61. The summed E-state index contributed by atoms with van der Waals surface area (Å²) in [6, 6.07) is 12.6. The summed E-state index contributed by atoms with van der Waals surface area (Å²) < 4.78 is 13.2. The van der Waals surface area contributed by atoms with Crippen molar-refractivity contribution in [2.75, 3.05) is 0 Å². The molecule has 0 amide bonds. The number of aromatic carboxylic acids is 1. The number of halogens is 2. The molecule has 110 valence electrons. The Morgan fingerprint density at radius 2 is 1.95 bits per heavy atom. The number of carboxylic acid groups (broad SMARTS) is 1. The number of hydrogen-bond donors (Lipinski definition) is 2. The highest BCUT2D eigenvalue weighted by Gasteiger charge is 2.14. The van der Waals surface area contributed by atoms with Crippen molar-refractivity contribution in [2.24, 2.45) is 0 Å². The van der Waals surface area contributed by atoms with E-state index in [9.17, 15) is 14.3 Å². The molecule has 1 aromatic heterocycles. The molecule has 0 spiro atoms. The molecular weight excluding hydrogens is 307 g/mol. The third-order valence-electron chi connectivity index (χ3n) is 3.24. The fourth-order valence-electron chi connectivity index (χ4n) is 2.16. The van der Waals surface area contributed by atoms with Crippen molar-refractivity contribution in [1.82, 2.24) is 10.2 Å². The Bertz CT molecular complexity index is 861. The Hall–Kier alpha value is -2.66. The average molecular weight is 317 g/mol. The number of benzene rings is 2. The predicted octanol–water partition coefficient (Wildman–Crippen LogP) is 4.23. The van der Waals surface area contributed by atoms with E-state index < -0.39 is 11.8 Å². The van der Waals surface area contributed by atoms with Gasteiger partial charge in [0.15, 0.2) is 0 Å². The number of carboxylic acids is 1. The maximum absolute atomic E-state index is 13.2. The molecule has 2 N–H and O–H groups in total. The van der Waals surface area contributed by atoms with Crippen LogP contribution in [0.5, 0.6) is 0 Å². The summed E-state index contributed by atoms with van der Waals surface area (Å²) in [5.74, 6) is -1.52. The molecule has 2 aromatic carbocycles. The first-order valence-corrected chi connectivity index (χ1v) is 6.77. The summed E-state index contributed by atoms with van der Waals surface area (Å²) in [5, 5.41) is 16.2. The molecule has 4 nitrogen and oxygen atoms in total. The minimum atomic E-state index is -1.02. The number of aromatic nitrogens is 2. The SMILES string of the molecule is O=C(O)c1ccccc1-c1cc(-c2ccc(F)c(Cl)c2)[nH]n1. The standard InChI is InChI=1S/C16H10ClFN2O2/c17-12-7-9(5-6-13(12)18)14-8-15(20-19-14)10-3-1-2-4-11(10)16(21)22/h1-8H,(H,19,20)(H,21,22). The van der Waals surface area contributed by atoms with Crippen molar-refractivity contribution < 1.29 is 14.3 Å². The maximum atomic E-state index is 13.2. The lowest BCUT2D eigenvalue weighted by Gasteiger charge is -2.01. The number of rotatable bonds is 3. The Kier molecular flexibility index (Phi) is 3.65. The average Bonchev–Trinajstić information content (AvgIpc) is 3.00. The van der Waals surface area contributed by atoms with E-state index in [2.05, 4.69) is 10.2 Å². The zero-order valence-corrected chi connectivity index (χ0v) is 11.9. The van der Waals surface area contributed by atoms with Gasteiger partial charge in [-0.2, -0.15) is 5.10 Å². The van der Waals surface area contributed by atoms with Crippen molar-refractivity contribution in [3.63, 3.8) is 0 Å². The minimum absolute atomic E-state index is 0.0135. The molecule has 0 fully saturated rings. The van der Waals surface area contributed by atoms with Crippen LogP contribution in [0, 0.1) is 5.82 Å². The van der Waals surface area contributed by atoms with Crippen LogP contribution in [0.25, 0.3) is 22.5 Å². The van der Waals surface area contributed by atoms with Crippen molar-refractivity contribution in [1.29, 1.82) is 0 Å². The summed E-state index contributed by atoms with van der Waals surface area (Å²) >= 11 is 5.77. The van der Waals surface area contributed by atoms with Gasteiger partial charge < -0.3 is 5.11 Å². The van der Waals surface area contributed by atoms with Crippen molar-refractivity contribution >= 4 is 17.6 Å². The molecule has 0 unspecified atom stereocenters. The third-order valence-corrected chi connectivity index (χ3v) is 3.53. The van der Waals surface area contributed by atoms with Gasteiger partial charge in [0.25, 0.3) is 0 Å². The predicted molar refractivity (Wildman–Crippen MR) is 81.4 cm³/mol. The summed E-state index contributed by atoms with van der Waals surface area (Å²) in [5.41, 5.74) is 2.45. The van der Waals surface area contributed by atoms with Gasteiger partial charge >= 0.3 is 5.97 Å². The quantitative estimate of drug-likeness (QED) is 0.759. The van der Waals surface area contributed by atoms with Gasteiger partial charge in [0.1, 0.15) is 5.82 Å². The van der Waals surface area contributed by atoms with Gasteiger partial charge in [0.05, 0.1) is 22.0 Å². The highest BCUT2D eigenvalue weighted by molar-refractivity contribution is 6.31. The van der Waals surface area contributed by atoms with E-state index in [0.717, 1.165) is 0 Å². The van der Waals surface area contributed by atoms with E-state index in [4.69, 9.17) is 11.6 Å². The largest absolute Gasteiger partial charge is 0.478 e. The lowest BCUT2D eigenvalue weighted by atomic mass is 10.0. The summed E-state index contributed by atoms with van der Waals surface area (Å²) in [6.45, 7) is 0. The molecule has 0 bridgehead atoms. The van der Waals surface area contributed by atoms with Crippen LogP contribution >= 0.6 is 11.6 Å². The highest BCUT2D eigenvalue weighted by Crippen LogP contribution is 2.28. The summed E-state index contributed by atoms with van der Waals surface area (Å²) in [7, 11) is 0. The van der Waals surface area contributed by atoms with E-state index in [1.165, 1.54) is 18.2 Å².